The van der Waals surface area contributed by atoms with Crippen LogP contribution in [0.3, 0.4) is 0 Å². The van der Waals surface area contributed by atoms with Crippen molar-refractivity contribution in [1.29, 1.82) is 0 Å². The predicted molar refractivity (Wildman–Crippen MR) is 373 cm³/mol. The van der Waals surface area contributed by atoms with Crippen molar-refractivity contribution in [2.45, 2.75) is 294 Å². The van der Waals surface area contributed by atoms with Crippen molar-refractivity contribution in [3.05, 3.63) is 110 Å². The Morgan fingerprint density at radius 3 is 2.00 bits per heavy atom. The van der Waals surface area contributed by atoms with Gasteiger partial charge in [0.25, 0.3) is 8.32 Å². The van der Waals surface area contributed by atoms with Gasteiger partial charge >= 0.3 is 29.8 Å². The van der Waals surface area contributed by atoms with Gasteiger partial charge in [-0.15, -0.1) is 6.58 Å². The number of rotatable bonds is 27. The maximum atomic E-state index is 13.4. The molecule has 7 rings (SSSR count). The van der Waals surface area contributed by atoms with Crippen LogP contribution >= 0.6 is 0 Å². The van der Waals surface area contributed by atoms with Gasteiger partial charge in [0.15, 0.2) is 12.4 Å². The Labute approximate surface area is 578 Å². The summed E-state index contributed by atoms with van der Waals surface area (Å²) in [5.41, 5.74) is -1.08. The zero-order valence-electron chi connectivity index (χ0n) is 59.5. The van der Waals surface area contributed by atoms with Crippen molar-refractivity contribution in [3.8, 4) is 0 Å². The largest absolute Gasteiger partial charge is 0.481 e. The van der Waals surface area contributed by atoms with Crippen molar-refractivity contribution in [1.82, 2.24) is 0 Å². The van der Waals surface area contributed by atoms with Crippen molar-refractivity contribution in [3.63, 3.8) is 0 Å². The van der Waals surface area contributed by atoms with E-state index in [4.69, 9.17) is 47.1 Å². The Morgan fingerprint density at radius 1 is 0.742 bits per heavy atom. The summed E-state index contributed by atoms with van der Waals surface area (Å²) >= 11 is 0. The van der Waals surface area contributed by atoms with Crippen LogP contribution in [0, 0.1) is 17.3 Å². The lowest BCUT2D eigenvalue weighted by atomic mass is 9.74. The normalized spacial score (nSPS) is 28.9. The zero-order valence-corrected chi connectivity index (χ0v) is 60.5. The van der Waals surface area contributed by atoms with Gasteiger partial charge < -0.3 is 67.5 Å². The first kappa shape index (κ1) is 80.6. The maximum absolute atomic E-state index is 13.4. The number of carboxylic acid groups (broad SMARTS) is 1. The molecular weight excluding hydrogens is 1260 g/mol. The Hall–Kier alpha value is -5.39. The van der Waals surface area contributed by atoms with Gasteiger partial charge in [0.05, 0.1) is 81.5 Å². The van der Waals surface area contributed by atoms with Crippen LogP contribution in [-0.2, 0) is 71.0 Å². The molecule has 5 heterocycles. The topological polar surface area (TPSA) is 259 Å². The van der Waals surface area contributed by atoms with E-state index >= 15 is 0 Å². The molecule has 0 spiro atoms. The first-order valence-electron chi connectivity index (χ1n) is 35.8. The highest BCUT2D eigenvalue weighted by atomic mass is 28.4. The number of methoxy groups -OCH3 is 1. The fourth-order valence-electron chi connectivity index (χ4n) is 14.6. The molecule has 0 radical (unpaired) electrons. The number of aliphatic carboxylic acids is 1. The van der Waals surface area contributed by atoms with Gasteiger partial charge in [-0.1, -0.05) is 167 Å². The molecule has 19 nitrogen and oxygen atoms in total. The maximum Gasteiger partial charge on any atom is 0.330 e. The molecule has 0 aromatic heterocycles. The Morgan fingerprint density at radius 2 is 1.38 bits per heavy atom. The van der Waals surface area contributed by atoms with Crippen LogP contribution < -0.4 is 10.4 Å². The number of carbonyl (C=O) groups is 5. The highest BCUT2D eigenvalue weighted by Gasteiger charge is 2.58. The van der Waals surface area contributed by atoms with Crippen LogP contribution in [0.2, 0.25) is 5.04 Å². The lowest BCUT2D eigenvalue weighted by Crippen LogP contribution is -2.68. The number of hydrogen-bond acceptors (Lipinski definition) is 18. The standard InChI is InChI=1S/C41H64O13.C36H52O6Si/c1-6-8-9-10-11-16-35(44)53-39-27(20-36(45)48-5)19-33-25-34(26-42)50-37(46)22-28(43)21-30-14-12-15-31(49-30)24-32-23-29(13-7-2)51-38(52-32)17-18-40(3,4)41(39,47)54-33;1-7-21-40-35(39)24-28(3)22-27(2)23-29-15-14-16-30(41-29)25-31(26-34(37)38)42-43(36(4,5)6,32-17-10-8-11-18-32)33-19-12-9-13-20-33/h7,17-18,20,28-34,38-39,42-43,47H,2,6,8-16,19,21-26H2,1,3-5H3;7-13,17-20,27-31H,1,14-16,21-26H2,2-6H3,(H,37,38)/b18-17+,27-20+;/t28-,29?,30+,31-,32+,33+,34-,38+,39+,41-;27-,28+,29+,30-,31+/m10/s1. The second-order valence-electron chi connectivity index (χ2n) is 29.2. The molecule has 20 heteroatoms. The molecule has 0 saturated carbocycles. The van der Waals surface area contributed by atoms with Crippen molar-refractivity contribution < 1.29 is 91.5 Å². The third-order valence-corrected chi connectivity index (χ3v) is 24.4. The Balaban J connectivity index is 0.000000315. The summed E-state index contributed by atoms with van der Waals surface area (Å²) in [5, 5.41) is 45.9. The highest BCUT2D eigenvalue weighted by molar-refractivity contribution is 6.99. The number of carboxylic acids is 1. The minimum absolute atomic E-state index is 0.0116. The number of ether oxygens (including phenoxy) is 9. The van der Waals surface area contributed by atoms with E-state index in [1.807, 2.05) is 36.4 Å². The van der Waals surface area contributed by atoms with Gasteiger partial charge in [0.2, 0.25) is 5.79 Å². The second-order valence-corrected chi connectivity index (χ2v) is 33.5. The third kappa shape index (κ3) is 25.0. The van der Waals surface area contributed by atoms with E-state index in [-0.39, 0.29) is 104 Å². The molecule has 1 unspecified atom stereocenters. The number of esters is 4. The summed E-state index contributed by atoms with van der Waals surface area (Å²) in [6.07, 6.45) is 16.1. The van der Waals surface area contributed by atoms with E-state index in [9.17, 15) is 44.4 Å². The summed E-state index contributed by atoms with van der Waals surface area (Å²) in [5.74, 6) is -4.67. The summed E-state index contributed by atoms with van der Waals surface area (Å²) in [6, 6.07) is 20.7. The van der Waals surface area contributed by atoms with E-state index in [0.29, 0.717) is 44.4 Å². The van der Waals surface area contributed by atoms with Crippen LogP contribution in [0.4, 0.5) is 0 Å². The average molecular weight is 1370 g/mol. The quantitative estimate of drug-likeness (QED) is 0.0162. The SMILES string of the molecule is C=CCC1C[C@H]2C[C@H]3CCC[C@@H](C[C@@H](O)CC(=O)O[C@@H](CO)C[C@@H]4C/C(=C\C(=O)OC)[C@H](OC(=O)CCCCCCC)[C@@](O)(O4)C(C)(C)/C=C/[C@@H](O1)O2)O3.C=CCOC(=O)C[C@H](C)C[C@H](C)C[C@H]1CCC[C@@H](C[C@H](CC(=O)O)O[Si](c2ccccc2)(c2ccccc2)C(C)(C)C)O1. The summed E-state index contributed by atoms with van der Waals surface area (Å²) in [6.45, 7) is 23.7. The first-order valence-corrected chi connectivity index (χ1v) is 37.7. The lowest BCUT2D eigenvalue weighted by Gasteiger charge is -2.51. The van der Waals surface area contributed by atoms with Crippen LogP contribution in [-0.4, -0.2) is 158 Å². The number of carbonyl (C=O) groups excluding carboxylic acids is 4. The average Bonchev–Trinajstić information content (AvgIpc) is 0.751. The predicted octanol–water partition coefficient (Wildman–Crippen LogP) is 12.2. The van der Waals surface area contributed by atoms with Gasteiger partial charge in [-0.3, -0.25) is 19.2 Å². The number of fused-ring (bicyclic) bond motifs is 6. The number of aliphatic hydroxyl groups excluding tert-OH is 2. The van der Waals surface area contributed by atoms with Crippen LogP contribution in [0.25, 0.3) is 0 Å². The smallest absolute Gasteiger partial charge is 0.330 e. The minimum Gasteiger partial charge on any atom is -0.481 e. The molecule has 6 bridgehead atoms. The van der Waals surface area contributed by atoms with Gasteiger partial charge in [0, 0.05) is 50.0 Å². The number of cyclic esters (lactones) is 1. The van der Waals surface area contributed by atoms with Gasteiger partial charge in [-0.05, 0) is 116 Å². The molecule has 4 saturated heterocycles. The highest BCUT2D eigenvalue weighted by Crippen LogP contribution is 2.48. The molecule has 0 amide bonds. The molecule has 97 heavy (non-hydrogen) atoms. The van der Waals surface area contributed by atoms with Crippen LogP contribution in [0.5, 0.6) is 0 Å². The molecule has 4 N–H and O–H groups in total. The van der Waals surface area contributed by atoms with Crippen LogP contribution in [0.15, 0.2) is 110 Å². The second kappa shape index (κ2) is 39.6. The molecule has 5 aliphatic heterocycles. The molecule has 2 aromatic rings. The van der Waals surface area contributed by atoms with Crippen molar-refractivity contribution >= 4 is 48.5 Å². The fourth-order valence-corrected chi connectivity index (χ4v) is 19.3. The third-order valence-electron chi connectivity index (χ3n) is 19.3. The minimum atomic E-state index is -2.91. The number of unbranched alkanes of at least 4 members (excludes halogenated alkanes) is 4. The summed E-state index contributed by atoms with van der Waals surface area (Å²) in [7, 11) is -1.69. The zero-order chi connectivity index (χ0) is 70.8. The monoisotopic (exact) mass is 1370 g/mol. The number of hydrogen-bond donors (Lipinski definition) is 4. The molecule has 542 valence electrons. The Bertz CT molecular complexity index is 2780. The molecular formula is C77H116O19Si. The molecule has 2 aromatic carbocycles. The van der Waals surface area contributed by atoms with Crippen molar-refractivity contribution in [2.24, 2.45) is 17.3 Å². The van der Waals surface area contributed by atoms with Gasteiger partial charge in [0.1, 0.15) is 12.7 Å². The van der Waals surface area contributed by atoms with Crippen LogP contribution in [0.1, 0.15) is 209 Å². The van der Waals surface area contributed by atoms with E-state index in [2.05, 4.69) is 79.0 Å². The molecule has 15 atom stereocenters. The molecule has 4 fully saturated rings. The first-order chi connectivity index (χ1) is 46.2. The van der Waals surface area contributed by atoms with E-state index in [1.165, 1.54) is 13.2 Å². The van der Waals surface area contributed by atoms with E-state index < -0.39 is 86.8 Å². The lowest BCUT2D eigenvalue weighted by molar-refractivity contribution is -0.327. The van der Waals surface area contributed by atoms with E-state index in [1.54, 1.807) is 38.2 Å². The molecule has 0 aliphatic carbocycles. The fraction of sp³-hybridized carbons (Fsp3) is 0.675. The summed E-state index contributed by atoms with van der Waals surface area (Å²) < 4.78 is 61.2. The number of aliphatic hydroxyl groups is 3. The van der Waals surface area contributed by atoms with Gasteiger partial charge in [-0.25, -0.2) is 4.79 Å². The molecule has 5 aliphatic rings. The van der Waals surface area contributed by atoms with Crippen molar-refractivity contribution in [2.75, 3.05) is 20.3 Å². The Kier molecular flexibility index (Phi) is 32.9. The summed E-state index contributed by atoms with van der Waals surface area (Å²) in [4.78, 5) is 63.3. The number of benzene rings is 2. The van der Waals surface area contributed by atoms with Gasteiger partial charge in [-0.2, -0.15) is 0 Å². The van der Waals surface area contributed by atoms with E-state index in [0.717, 1.165) is 87.4 Å².